The molecule has 0 N–H and O–H groups in total. The lowest BCUT2D eigenvalue weighted by Crippen LogP contribution is -1.90. The average Bonchev–Trinajstić information content (AvgIpc) is 2.73. The van der Waals surface area contributed by atoms with Crippen LogP contribution in [-0.4, -0.2) is 8.42 Å². The van der Waals surface area contributed by atoms with Gasteiger partial charge in [0.15, 0.2) is 0 Å². The molecule has 3 nitrogen and oxygen atoms in total. The van der Waals surface area contributed by atoms with Crippen molar-refractivity contribution in [1.82, 2.24) is 0 Å². The molecule has 0 spiro atoms. The first-order valence-electron chi connectivity index (χ1n) is 3.64. The minimum absolute atomic E-state index is 0.258. The van der Waals surface area contributed by atoms with Crippen molar-refractivity contribution in [3.05, 3.63) is 29.2 Å². The fourth-order valence-corrected chi connectivity index (χ4v) is 2.39. The lowest BCUT2D eigenvalue weighted by Gasteiger charge is -1.93. The topological polar surface area (TPSA) is 47.3 Å². The van der Waals surface area contributed by atoms with Gasteiger partial charge in [0.1, 0.15) is 0 Å². The highest BCUT2D eigenvalue weighted by Crippen LogP contribution is 2.30. The van der Waals surface area contributed by atoms with Crippen molar-refractivity contribution < 1.29 is 16.7 Å². The summed E-state index contributed by atoms with van der Waals surface area (Å²) in [6.07, 6.45) is 1.15. The van der Waals surface area contributed by atoms with Gasteiger partial charge >= 0.3 is 10.2 Å². The number of hydrogen-bond acceptors (Lipinski definition) is 4. The van der Waals surface area contributed by atoms with E-state index in [1.165, 1.54) is 17.4 Å². The Labute approximate surface area is 84.0 Å². The summed E-state index contributed by atoms with van der Waals surface area (Å²) in [6.45, 7) is 0. The zero-order valence-corrected chi connectivity index (χ0v) is 8.44. The number of thiophene rings is 1. The van der Waals surface area contributed by atoms with Crippen LogP contribution in [0, 0.1) is 0 Å². The van der Waals surface area contributed by atoms with Gasteiger partial charge in [-0.15, -0.1) is 0 Å². The van der Waals surface area contributed by atoms with Crippen LogP contribution in [0.4, 0.5) is 3.89 Å². The second kappa shape index (κ2) is 3.21. The maximum Gasteiger partial charge on any atom is 0.366 e. The van der Waals surface area contributed by atoms with Crippen LogP contribution in [0.3, 0.4) is 0 Å². The summed E-state index contributed by atoms with van der Waals surface area (Å²) < 4.78 is 38.6. The van der Waals surface area contributed by atoms with Crippen molar-refractivity contribution in [2.24, 2.45) is 0 Å². The first kappa shape index (κ1) is 9.42. The van der Waals surface area contributed by atoms with E-state index in [1.807, 2.05) is 0 Å². The van der Waals surface area contributed by atoms with Gasteiger partial charge in [-0.25, -0.2) is 0 Å². The lowest BCUT2D eigenvalue weighted by molar-refractivity contribution is 0.436. The molecule has 0 aliphatic carbocycles. The Morgan fingerprint density at radius 1 is 1.36 bits per heavy atom. The zero-order chi connectivity index (χ0) is 10.2. The molecule has 0 saturated heterocycles. The summed E-state index contributed by atoms with van der Waals surface area (Å²) in [5, 5.41) is 2.87. The van der Waals surface area contributed by atoms with Crippen molar-refractivity contribution in [3.63, 3.8) is 0 Å². The highest BCUT2D eigenvalue weighted by molar-refractivity contribution is 7.86. The molecule has 6 heteroatoms. The van der Waals surface area contributed by atoms with Gasteiger partial charge in [-0.3, -0.25) is 0 Å². The fraction of sp³-hybridized carbons (Fsp3) is 0. The number of rotatable bonds is 2. The predicted molar refractivity (Wildman–Crippen MR) is 50.3 cm³/mol. The molecule has 0 atom stereocenters. The van der Waals surface area contributed by atoms with E-state index < -0.39 is 15.3 Å². The van der Waals surface area contributed by atoms with Gasteiger partial charge in [-0.1, -0.05) is 3.89 Å². The van der Waals surface area contributed by atoms with E-state index in [4.69, 9.17) is 0 Å². The van der Waals surface area contributed by atoms with Crippen molar-refractivity contribution in [1.29, 1.82) is 0 Å². The Morgan fingerprint density at radius 3 is 2.71 bits per heavy atom. The van der Waals surface area contributed by atoms with Gasteiger partial charge in [-0.05, 0) is 28.5 Å². The Bertz CT molecular complexity index is 525. The molecule has 0 unspecified atom stereocenters. The van der Waals surface area contributed by atoms with E-state index in [0.29, 0.717) is 5.56 Å². The molecule has 0 radical (unpaired) electrons. The van der Waals surface area contributed by atoms with Gasteiger partial charge in [0.2, 0.25) is 0 Å². The van der Waals surface area contributed by atoms with Crippen LogP contribution >= 0.6 is 11.3 Å². The quantitative estimate of drug-likeness (QED) is 0.748. The summed E-state index contributed by atoms with van der Waals surface area (Å²) in [7, 11) is -4.78. The second-order valence-corrected chi connectivity index (χ2v) is 4.60. The van der Waals surface area contributed by atoms with E-state index in [0.717, 1.165) is 6.26 Å². The summed E-state index contributed by atoms with van der Waals surface area (Å²) in [5.74, 6) is 0. The fourth-order valence-electron chi connectivity index (χ4n) is 1.12. The molecule has 0 aromatic carbocycles. The van der Waals surface area contributed by atoms with E-state index in [9.17, 15) is 12.3 Å². The summed E-state index contributed by atoms with van der Waals surface area (Å²) in [6, 6.07) is 3.12. The molecule has 74 valence electrons. The minimum atomic E-state index is -4.78. The minimum Gasteiger partial charge on any atom is -0.450 e. The SMILES string of the molecule is O=S(=O)(F)c1occc1-c1ccsc1. The van der Waals surface area contributed by atoms with Gasteiger partial charge < -0.3 is 4.42 Å². The second-order valence-electron chi connectivity index (χ2n) is 2.57. The summed E-state index contributed by atoms with van der Waals surface area (Å²) in [5.41, 5.74) is 0.897. The third kappa shape index (κ3) is 1.58. The normalized spacial score (nSPS) is 11.8. The van der Waals surface area contributed by atoms with Crippen molar-refractivity contribution >= 4 is 21.6 Å². The third-order valence-corrected chi connectivity index (χ3v) is 3.13. The van der Waals surface area contributed by atoms with Crippen LogP contribution in [-0.2, 0) is 10.2 Å². The van der Waals surface area contributed by atoms with Crippen LogP contribution in [0.15, 0.2) is 38.7 Å². The Hall–Kier alpha value is -1.14. The first-order valence-corrected chi connectivity index (χ1v) is 5.96. The lowest BCUT2D eigenvalue weighted by atomic mass is 10.2. The zero-order valence-electron chi connectivity index (χ0n) is 6.81. The van der Waals surface area contributed by atoms with Gasteiger partial charge in [0.25, 0.3) is 5.09 Å². The molecule has 14 heavy (non-hydrogen) atoms. The monoisotopic (exact) mass is 232 g/mol. The highest BCUT2D eigenvalue weighted by atomic mass is 32.3. The molecule has 2 aromatic heterocycles. The van der Waals surface area contributed by atoms with Gasteiger partial charge in [0.05, 0.1) is 6.26 Å². The molecule has 0 saturated carbocycles. The van der Waals surface area contributed by atoms with Crippen LogP contribution < -0.4 is 0 Å². The highest BCUT2D eigenvalue weighted by Gasteiger charge is 2.22. The Balaban J connectivity index is 2.62. The molecule has 0 fully saturated rings. The molecular weight excluding hydrogens is 227 g/mol. The number of furan rings is 1. The predicted octanol–water partition coefficient (Wildman–Crippen LogP) is 2.67. The van der Waals surface area contributed by atoms with E-state index >= 15 is 0 Å². The van der Waals surface area contributed by atoms with Gasteiger partial charge in [-0.2, -0.15) is 19.8 Å². The van der Waals surface area contributed by atoms with Crippen molar-refractivity contribution in [2.45, 2.75) is 5.09 Å². The number of halogens is 1. The summed E-state index contributed by atoms with van der Waals surface area (Å²) >= 11 is 1.40. The van der Waals surface area contributed by atoms with E-state index in [1.54, 1.807) is 16.8 Å². The maximum atomic E-state index is 12.7. The first-order chi connectivity index (χ1) is 6.59. The average molecular weight is 232 g/mol. The molecule has 0 aliphatic rings. The van der Waals surface area contributed by atoms with Crippen molar-refractivity contribution in [2.75, 3.05) is 0 Å². The van der Waals surface area contributed by atoms with Crippen LogP contribution in [0.1, 0.15) is 0 Å². The largest absolute Gasteiger partial charge is 0.450 e. The standard InChI is InChI=1S/C8H5FO3S2/c9-14(10,11)8-7(1-3-12-8)6-2-4-13-5-6/h1-5H. The Kier molecular flexibility index (Phi) is 2.16. The van der Waals surface area contributed by atoms with Crippen LogP contribution in [0.2, 0.25) is 0 Å². The van der Waals surface area contributed by atoms with Crippen LogP contribution in [0.25, 0.3) is 11.1 Å². The van der Waals surface area contributed by atoms with Gasteiger partial charge in [0, 0.05) is 5.56 Å². The van der Waals surface area contributed by atoms with E-state index in [-0.39, 0.29) is 5.56 Å². The third-order valence-electron chi connectivity index (χ3n) is 1.68. The molecule has 0 bridgehead atoms. The molecule has 2 aromatic rings. The smallest absolute Gasteiger partial charge is 0.366 e. The number of hydrogen-bond donors (Lipinski definition) is 0. The maximum absolute atomic E-state index is 12.7. The molecular formula is C8H5FO3S2. The molecule has 0 amide bonds. The summed E-state index contributed by atoms with van der Waals surface area (Å²) in [4.78, 5) is 0. The molecule has 2 rings (SSSR count). The molecule has 0 aliphatic heterocycles. The Morgan fingerprint density at radius 2 is 2.14 bits per heavy atom. The van der Waals surface area contributed by atoms with Crippen LogP contribution in [0.5, 0.6) is 0 Å². The van der Waals surface area contributed by atoms with Crippen molar-refractivity contribution in [3.8, 4) is 11.1 Å². The van der Waals surface area contributed by atoms with E-state index in [2.05, 4.69) is 4.42 Å². The molecule has 2 heterocycles.